The van der Waals surface area contributed by atoms with E-state index in [0.29, 0.717) is 41.6 Å². The molecule has 2 aliphatic heterocycles. The van der Waals surface area contributed by atoms with Crippen molar-refractivity contribution in [2.75, 3.05) is 6.54 Å². The SMILES string of the molecule is Cc1ccc(COc2cc(S(=O)(=O)N3CC4CC5CC(C4)CC3C5)cc3ccccc23)cn1. The highest BCUT2D eigenvalue weighted by Gasteiger charge is 2.46. The number of pyridine rings is 1. The first-order valence-corrected chi connectivity index (χ1v) is 13.5. The second-order valence-electron chi connectivity index (χ2n) is 10.2. The summed E-state index contributed by atoms with van der Waals surface area (Å²) in [5.74, 6) is 2.51. The molecule has 172 valence electrons. The number of nitrogens with zero attached hydrogens (tertiary/aromatic N) is 2. The van der Waals surface area contributed by atoms with Crippen LogP contribution in [0.1, 0.15) is 43.4 Å². The van der Waals surface area contributed by atoms with Crippen LogP contribution in [0.25, 0.3) is 10.8 Å². The summed E-state index contributed by atoms with van der Waals surface area (Å²) in [6, 6.07) is 15.5. The molecule has 3 heterocycles. The van der Waals surface area contributed by atoms with Crippen molar-refractivity contribution in [1.82, 2.24) is 9.29 Å². The second kappa shape index (κ2) is 8.10. The normalized spacial score (nSPS) is 27.1. The van der Waals surface area contributed by atoms with E-state index < -0.39 is 10.0 Å². The Bertz CT molecular complexity index is 1270. The van der Waals surface area contributed by atoms with Gasteiger partial charge in [0.05, 0.1) is 4.90 Å². The van der Waals surface area contributed by atoms with Crippen LogP contribution in [-0.2, 0) is 16.6 Å². The van der Waals surface area contributed by atoms with E-state index in [1.807, 2.05) is 53.7 Å². The first-order chi connectivity index (χ1) is 16.0. The zero-order chi connectivity index (χ0) is 22.6. The van der Waals surface area contributed by atoms with Gasteiger partial charge in [0.15, 0.2) is 0 Å². The fraction of sp³-hybridized carbons (Fsp3) is 0.444. The topological polar surface area (TPSA) is 59.5 Å². The zero-order valence-corrected chi connectivity index (χ0v) is 19.8. The lowest BCUT2D eigenvalue weighted by atomic mass is 9.68. The van der Waals surface area contributed by atoms with Crippen molar-refractivity contribution in [1.29, 1.82) is 0 Å². The molecule has 4 bridgehead atoms. The second-order valence-corrected chi connectivity index (χ2v) is 12.1. The van der Waals surface area contributed by atoms with Gasteiger partial charge in [-0.3, -0.25) is 4.98 Å². The Morgan fingerprint density at radius 1 is 0.970 bits per heavy atom. The minimum absolute atomic E-state index is 0.140. The maximum absolute atomic E-state index is 14.0. The van der Waals surface area contributed by atoms with E-state index in [2.05, 4.69) is 4.98 Å². The van der Waals surface area contributed by atoms with Gasteiger partial charge in [-0.2, -0.15) is 4.31 Å². The van der Waals surface area contributed by atoms with E-state index >= 15 is 0 Å². The molecule has 5 nitrogen and oxygen atoms in total. The summed E-state index contributed by atoms with van der Waals surface area (Å²) in [7, 11) is -3.60. The Balaban J connectivity index is 1.36. The molecule has 0 amide bonds. The van der Waals surface area contributed by atoms with Gasteiger partial charge >= 0.3 is 0 Å². The van der Waals surface area contributed by atoms with Gasteiger partial charge in [0.25, 0.3) is 0 Å². The van der Waals surface area contributed by atoms with Gasteiger partial charge < -0.3 is 4.74 Å². The molecule has 2 aromatic carbocycles. The van der Waals surface area contributed by atoms with Crippen LogP contribution in [0, 0.1) is 24.7 Å². The Hall–Kier alpha value is -2.44. The van der Waals surface area contributed by atoms with Crippen LogP contribution in [-0.4, -0.2) is 30.3 Å². The van der Waals surface area contributed by atoms with Crippen molar-refractivity contribution in [3.05, 3.63) is 66.0 Å². The lowest BCUT2D eigenvalue weighted by molar-refractivity contribution is 0.148. The number of hydrogen-bond donors (Lipinski definition) is 0. The molecule has 0 radical (unpaired) electrons. The van der Waals surface area contributed by atoms with Gasteiger partial charge in [0.1, 0.15) is 12.4 Å². The summed E-state index contributed by atoms with van der Waals surface area (Å²) in [6.07, 6.45) is 7.52. The molecule has 2 aliphatic carbocycles. The third kappa shape index (κ3) is 3.93. The fourth-order valence-electron chi connectivity index (χ4n) is 6.43. The Morgan fingerprint density at radius 2 is 1.73 bits per heavy atom. The van der Waals surface area contributed by atoms with Gasteiger partial charge in [-0.1, -0.05) is 30.3 Å². The molecule has 6 heteroatoms. The van der Waals surface area contributed by atoms with Gasteiger partial charge in [-0.05, 0) is 74.3 Å². The molecule has 33 heavy (non-hydrogen) atoms. The molecule has 0 N–H and O–H groups in total. The van der Waals surface area contributed by atoms with E-state index in [9.17, 15) is 8.42 Å². The summed E-state index contributed by atoms with van der Waals surface area (Å²) < 4.78 is 36.0. The van der Waals surface area contributed by atoms with Crippen LogP contribution < -0.4 is 4.74 Å². The standard InChI is InChI=1S/C27H30N2O3S/c1-18-6-7-19(15-28-18)17-32-27-14-25(13-23-4-2-3-5-26(23)27)33(30,31)29-16-22-9-20-8-21(10-22)12-24(29)11-20/h2-7,13-15,20-22,24H,8-12,16-17H2,1H3. The molecule has 4 fully saturated rings. The summed E-state index contributed by atoms with van der Waals surface area (Å²) in [6.45, 7) is 2.96. The van der Waals surface area contributed by atoms with Gasteiger partial charge in [-0.25, -0.2) is 8.42 Å². The first-order valence-electron chi connectivity index (χ1n) is 12.0. The Labute approximate surface area is 195 Å². The van der Waals surface area contributed by atoms with Crippen LogP contribution >= 0.6 is 0 Å². The third-order valence-corrected chi connectivity index (χ3v) is 9.72. The highest BCUT2D eigenvalue weighted by molar-refractivity contribution is 7.89. The Morgan fingerprint density at radius 3 is 2.48 bits per heavy atom. The van der Waals surface area contributed by atoms with Crippen LogP contribution in [0.3, 0.4) is 0 Å². The molecule has 4 aliphatic rings. The summed E-state index contributed by atoms with van der Waals surface area (Å²) in [5, 5.41) is 1.81. The highest BCUT2D eigenvalue weighted by Crippen LogP contribution is 2.49. The van der Waals surface area contributed by atoms with Crippen molar-refractivity contribution < 1.29 is 13.2 Å². The van der Waals surface area contributed by atoms with Crippen molar-refractivity contribution in [3.63, 3.8) is 0 Å². The van der Waals surface area contributed by atoms with Crippen LogP contribution in [0.15, 0.2) is 59.6 Å². The average molecular weight is 463 g/mol. The van der Waals surface area contributed by atoms with Crippen LogP contribution in [0.2, 0.25) is 0 Å². The number of hydrogen-bond acceptors (Lipinski definition) is 4. The lowest BCUT2D eigenvalue weighted by Crippen LogP contribution is -2.42. The van der Waals surface area contributed by atoms with Gasteiger partial charge in [0.2, 0.25) is 10.0 Å². The van der Waals surface area contributed by atoms with Crippen LogP contribution in [0.5, 0.6) is 5.75 Å². The highest BCUT2D eigenvalue weighted by atomic mass is 32.2. The molecule has 2 atom stereocenters. The lowest BCUT2D eigenvalue weighted by Gasteiger charge is -2.38. The number of sulfonamides is 1. The monoisotopic (exact) mass is 462 g/mol. The average Bonchev–Trinajstić information content (AvgIpc) is 3.01. The predicted octanol–water partition coefficient (Wildman–Crippen LogP) is 5.32. The van der Waals surface area contributed by atoms with Crippen molar-refractivity contribution >= 4 is 20.8 Å². The molecule has 2 saturated heterocycles. The minimum Gasteiger partial charge on any atom is -0.488 e. The minimum atomic E-state index is -3.60. The van der Waals surface area contributed by atoms with Crippen LogP contribution in [0.4, 0.5) is 0 Å². The molecule has 2 unspecified atom stereocenters. The molecule has 1 aromatic heterocycles. The summed E-state index contributed by atoms with van der Waals surface area (Å²) in [4.78, 5) is 4.69. The molecule has 2 saturated carbocycles. The van der Waals surface area contributed by atoms with E-state index in [1.54, 1.807) is 12.3 Å². The smallest absolute Gasteiger partial charge is 0.243 e. The molecule has 7 rings (SSSR count). The fourth-order valence-corrected chi connectivity index (χ4v) is 8.21. The van der Waals surface area contributed by atoms with Gasteiger partial charge in [0, 0.05) is 41.5 Å². The number of aryl methyl sites for hydroxylation is 1. The van der Waals surface area contributed by atoms with Gasteiger partial charge in [-0.15, -0.1) is 0 Å². The zero-order valence-electron chi connectivity index (χ0n) is 19.0. The van der Waals surface area contributed by atoms with Crippen molar-refractivity contribution in [3.8, 4) is 5.75 Å². The number of ether oxygens (including phenoxy) is 1. The predicted molar refractivity (Wildman–Crippen MR) is 128 cm³/mol. The maximum atomic E-state index is 14.0. The quantitative estimate of drug-likeness (QED) is 0.515. The van der Waals surface area contributed by atoms with E-state index in [-0.39, 0.29) is 6.04 Å². The van der Waals surface area contributed by atoms with E-state index in [4.69, 9.17) is 4.74 Å². The summed E-state index contributed by atoms with van der Waals surface area (Å²) >= 11 is 0. The number of fused-ring (bicyclic) bond motifs is 2. The maximum Gasteiger partial charge on any atom is 0.243 e. The van der Waals surface area contributed by atoms with Crippen molar-refractivity contribution in [2.45, 2.75) is 56.6 Å². The Kier molecular flexibility index (Phi) is 5.18. The molecular weight excluding hydrogens is 432 g/mol. The third-order valence-electron chi connectivity index (χ3n) is 7.83. The number of rotatable bonds is 5. The number of benzene rings is 2. The van der Waals surface area contributed by atoms with Crippen molar-refractivity contribution in [2.24, 2.45) is 17.8 Å². The van der Waals surface area contributed by atoms with E-state index in [0.717, 1.165) is 34.9 Å². The molecule has 0 spiro atoms. The molecule has 3 aromatic rings. The largest absolute Gasteiger partial charge is 0.488 e. The van der Waals surface area contributed by atoms with E-state index in [1.165, 1.54) is 19.3 Å². The number of aromatic nitrogens is 1. The molecular formula is C27H30N2O3S. The summed E-state index contributed by atoms with van der Waals surface area (Å²) in [5.41, 5.74) is 1.91. The first kappa shape index (κ1) is 21.1.